The molecular formula is C18H22ClN. The summed E-state index contributed by atoms with van der Waals surface area (Å²) >= 11 is 5.94. The molecule has 1 unspecified atom stereocenters. The van der Waals surface area contributed by atoms with Crippen LogP contribution in [0.4, 0.5) is 0 Å². The number of halogens is 1. The van der Waals surface area contributed by atoms with Crippen molar-refractivity contribution < 1.29 is 0 Å². The number of aryl methyl sites for hydroxylation is 1. The lowest BCUT2D eigenvalue weighted by Gasteiger charge is -2.18. The predicted octanol–water partition coefficient (Wildman–Crippen LogP) is 4.41. The predicted molar refractivity (Wildman–Crippen MR) is 87.5 cm³/mol. The van der Waals surface area contributed by atoms with Gasteiger partial charge in [-0.05, 0) is 49.6 Å². The first-order valence-corrected chi connectivity index (χ1v) is 7.58. The molecule has 0 aliphatic heterocycles. The fourth-order valence-corrected chi connectivity index (χ4v) is 2.66. The Morgan fingerprint density at radius 3 is 2.35 bits per heavy atom. The van der Waals surface area contributed by atoms with Crippen molar-refractivity contribution in [2.45, 2.75) is 32.7 Å². The summed E-state index contributed by atoms with van der Waals surface area (Å²) < 4.78 is 0. The molecule has 2 heteroatoms. The molecule has 2 rings (SSSR count). The SMILES string of the molecule is CCNC(Cc1ccc(Cl)cc1)Cc1cccc(C)c1. The first-order chi connectivity index (χ1) is 9.67. The highest BCUT2D eigenvalue weighted by Gasteiger charge is 2.09. The molecular weight excluding hydrogens is 266 g/mol. The van der Waals surface area contributed by atoms with Crippen molar-refractivity contribution in [3.63, 3.8) is 0 Å². The summed E-state index contributed by atoms with van der Waals surface area (Å²) in [5.41, 5.74) is 4.04. The van der Waals surface area contributed by atoms with E-state index in [-0.39, 0.29) is 0 Å². The van der Waals surface area contributed by atoms with Crippen LogP contribution >= 0.6 is 11.6 Å². The molecule has 0 amide bonds. The van der Waals surface area contributed by atoms with Crippen LogP contribution in [0.1, 0.15) is 23.6 Å². The van der Waals surface area contributed by atoms with Crippen molar-refractivity contribution in [2.24, 2.45) is 0 Å². The molecule has 0 radical (unpaired) electrons. The maximum absolute atomic E-state index is 5.94. The standard InChI is InChI=1S/C18H22ClN/c1-3-20-18(12-15-7-9-17(19)10-8-15)13-16-6-4-5-14(2)11-16/h4-11,18,20H,3,12-13H2,1-2H3. The Kier molecular flexibility index (Phi) is 5.63. The van der Waals surface area contributed by atoms with E-state index in [1.54, 1.807) is 0 Å². The van der Waals surface area contributed by atoms with Gasteiger partial charge in [0.2, 0.25) is 0 Å². The minimum absolute atomic E-state index is 0.461. The normalized spacial score (nSPS) is 12.3. The van der Waals surface area contributed by atoms with Crippen LogP contribution in [0.2, 0.25) is 5.02 Å². The topological polar surface area (TPSA) is 12.0 Å². The van der Waals surface area contributed by atoms with Gasteiger partial charge in [0.15, 0.2) is 0 Å². The molecule has 1 atom stereocenters. The average Bonchev–Trinajstić information content (AvgIpc) is 2.42. The smallest absolute Gasteiger partial charge is 0.0406 e. The molecule has 0 aromatic heterocycles. The van der Waals surface area contributed by atoms with Gasteiger partial charge in [0, 0.05) is 11.1 Å². The van der Waals surface area contributed by atoms with Gasteiger partial charge in [-0.3, -0.25) is 0 Å². The van der Waals surface area contributed by atoms with E-state index in [1.807, 2.05) is 12.1 Å². The molecule has 106 valence electrons. The van der Waals surface area contributed by atoms with Crippen LogP contribution in [-0.4, -0.2) is 12.6 Å². The van der Waals surface area contributed by atoms with Crippen molar-refractivity contribution >= 4 is 11.6 Å². The zero-order valence-electron chi connectivity index (χ0n) is 12.2. The van der Waals surface area contributed by atoms with Gasteiger partial charge in [-0.15, -0.1) is 0 Å². The van der Waals surface area contributed by atoms with Gasteiger partial charge >= 0.3 is 0 Å². The molecule has 1 nitrogen and oxygen atoms in total. The maximum Gasteiger partial charge on any atom is 0.0406 e. The molecule has 0 aliphatic carbocycles. The van der Waals surface area contributed by atoms with E-state index < -0.39 is 0 Å². The third-order valence-corrected chi connectivity index (χ3v) is 3.70. The monoisotopic (exact) mass is 287 g/mol. The Morgan fingerprint density at radius 2 is 1.70 bits per heavy atom. The molecule has 1 N–H and O–H groups in total. The van der Waals surface area contributed by atoms with Crippen LogP contribution in [0.3, 0.4) is 0 Å². The zero-order valence-corrected chi connectivity index (χ0v) is 13.0. The second-order valence-electron chi connectivity index (χ2n) is 5.28. The fourth-order valence-electron chi connectivity index (χ4n) is 2.53. The summed E-state index contributed by atoms with van der Waals surface area (Å²) in [6.07, 6.45) is 2.08. The maximum atomic E-state index is 5.94. The van der Waals surface area contributed by atoms with E-state index in [0.717, 1.165) is 24.4 Å². The van der Waals surface area contributed by atoms with Crippen LogP contribution < -0.4 is 5.32 Å². The number of hydrogen-bond acceptors (Lipinski definition) is 1. The number of nitrogens with one attached hydrogen (secondary N) is 1. The van der Waals surface area contributed by atoms with Gasteiger partial charge in [-0.2, -0.15) is 0 Å². The van der Waals surface area contributed by atoms with Crippen molar-refractivity contribution in [1.29, 1.82) is 0 Å². The number of hydrogen-bond donors (Lipinski definition) is 1. The minimum atomic E-state index is 0.461. The molecule has 0 saturated carbocycles. The Balaban J connectivity index is 2.05. The van der Waals surface area contributed by atoms with E-state index in [9.17, 15) is 0 Å². The number of likely N-dealkylation sites (N-methyl/N-ethyl adjacent to an activating group) is 1. The van der Waals surface area contributed by atoms with E-state index in [1.165, 1.54) is 16.7 Å². The van der Waals surface area contributed by atoms with E-state index in [4.69, 9.17) is 11.6 Å². The van der Waals surface area contributed by atoms with Crippen molar-refractivity contribution in [2.75, 3.05) is 6.54 Å². The lowest BCUT2D eigenvalue weighted by atomic mass is 9.98. The molecule has 0 bridgehead atoms. The Labute approximate surface area is 127 Å². The van der Waals surface area contributed by atoms with E-state index >= 15 is 0 Å². The molecule has 0 spiro atoms. The molecule has 20 heavy (non-hydrogen) atoms. The van der Waals surface area contributed by atoms with Gasteiger partial charge in [0.25, 0.3) is 0 Å². The highest BCUT2D eigenvalue weighted by atomic mass is 35.5. The van der Waals surface area contributed by atoms with Crippen LogP contribution in [0.5, 0.6) is 0 Å². The lowest BCUT2D eigenvalue weighted by Crippen LogP contribution is -2.33. The van der Waals surface area contributed by atoms with Gasteiger partial charge in [0.1, 0.15) is 0 Å². The van der Waals surface area contributed by atoms with E-state index in [0.29, 0.717) is 6.04 Å². The first kappa shape index (κ1) is 15.1. The van der Waals surface area contributed by atoms with Gasteiger partial charge in [-0.1, -0.05) is 60.5 Å². The highest BCUT2D eigenvalue weighted by Crippen LogP contribution is 2.14. The Morgan fingerprint density at radius 1 is 1.00 bits per heavy atom. The third kappa shape index (κ3) is 4.66. The number of rotatable bonds is 6. The second-order valence-corrected chi connectivity index (χ2v) is 5.71. The second kappa shape index (κ2) is 7.47. The summed E-state index contributed by atoms with van der Waals surface area (Å²) in [5.74, 6) is 0. The van der Waals surface area contributed by atoms with E-state index in [2.05, 4.69) is 55.6 Å². The highest BCUT2D eigenvalue weighted by molar-refractivity contribution is 6.30. The Hall–Kier alpha value is -1.31. The first-order valence-electron chi connectivity index (χ1n) is 7.20. The third-order valence-electron chi connectivity index (χ3n) is 3.45. The van der Waals surface area contributed by atoms with Gasteiger partial charge in [0.05, 0.1) is 0 Å². The minimum Gasteiger partial charge on any atom is -0.314 e. The summed E-state index contributed by atoms with van der Waals surface area (Å²) in [6, 6.07) is 17.4. The molecule has 0 aliphatic rings. The van der Waals surface area contributed by atoms with Crippen LogP contribution in [0, 0.1) is 6.92 Å². The molecule has 0 heterocycles. The van der Waals surface area contributed by atoms with Crippen molar-refractivity contribution in [3.05, 3.63) is 70.2 Å². The van der Waals surface area contributed by atoms with Gasteiger partial charge < -0.3 is 5.32 Å². The number of benzene rings is 2. The van der Waals surface area contributed by atoms with Crippen LogP contribution in [0.15, 0.2) is 48.5 Å². The molecule has 0 saturated heterocycles. The lowest BCUT2D eigenvalue weighted by molar-refractivity contribution is 0.521. The largest absolute Gasteiger partial charge is 0.314 e. The fraction of sp³-hybridized carbons (Fsp3) is 0.333. The summed E-state index contributed by atoms with van der Waals surface area (Å²) in [4.78, 5) is 0. The summed E-state index contributed by atoms with van der Waals surface area (Å²) in [7, 11) is 0. The zero-order chi connectivity index (χ0) is 14.4. The average molecular weight is 288 g/mol. The molecule has 0 fully saturated rings. The van der Waals surface area contributed by atoms with Gasteiger partial charge in [-0.25, -0.2) is 0 Å². The summed E-state index contributed by atoms with van der Waals surface area (Å²) in [5, 5.41) is 4.38. The Bertz CT molecular complexity index is 533. The molecule has 2 aromatic carbocycles. The van der Waals surface area contributed by atoms with Crippen molar-refractivity contribution in [1.82, 2.24) is 5.32 Å². The quantitative estimate of drug-likeness (QED) is 0.830. The summed E-state index contributed by atoms with van der Waals surface area (Å²) in [6.45, 7) is 5.29. The van der Waals surface area contributed by atoms with Crippen molar-refractivity contribution in [3.8, 4) is 0 Å². The van der Waals surface area contributed by atoms with Crippen LogP contribution in [-0.2, 0) is 12.8 Å². The molecule has 2 aromatic rings. The van der Waals surface area contributed by atoms with Crippen LogP contribution in [0.25, 0.3) is 0 Å².